The first-order valence-electron chi connectivity index (χ1n) is 9.20. The number of rotatable bonds is 5. The van der Waals surface area contributed by atoms with Crippen LogP contribution in [-0.2, 0) is 10.2 Å². The monoisotopic (exact) mass is 424 g/mol. The average molecular weight is 425 g/mol. The molecule has 1 N–H and O–H groups in total. The lowest BCUT2D eigenvalue weighted by Crippen LogP contribution is -2.20. The molecule has 140 valence electrons. The highest BCUT2D eigenvalue weighted by atomic mass is 79.9. The summed E-state index contributed by atoms with van der Waals surface area (Å²) in [5, 5.41) is 4.06. The zero-order valence-electron chi connectivity index (χ0n) is 15.9. The number of hydrogen-bond donors (Lipinski definition) is 1. The maximum atomic E-state index is 12.3. The zero-order chi connectivity index (χ0) is 19.4. The molecule has 3 nitrogen and oxygen atoms in total. The Balaban J connectivity index is 1.52. The van der Waals surface area contributed by atoms with Crippen molar-refractivity contribution >= 4 is 34.1 Å². The van der Waals surface area contributed by atoms with Crippen LogP contribution in [0.2, 0.25) is 0 Å². The van der Waals surface area contributed by atoms with Crippen molar-refractivity contribution in [1.29, 1.82) is 0 Å². The summed E-state index contributed by atoms with van der Waals surface area (Å²) in [4.78, 5) is 12.3. The summed E-state index contributed by atoms with van der Waals surface area (Å²) in [5.41, 5.74) is 6.42. The number of hydrogen-bond acceptors (Lipinski definition) is 2. The standard InChI is InChI=1S/C23H25BrN2O/c1-23(2,3)18-11-9-17(10-12-18)20-14-21(20)22(27)26-25-15-19(24)13-16-7-5-4-6-8-16/h4-13,15,20-21H,14H2,1-3H3,(H,26,27)/b19-13-,25-15+/t20-,21-/m0/s1. The van der Waals surface area contributed by atoms with Crippen LogP contribution in [0.5, 0.6) is 0 Å². The van der Waals surface area contributed by atoms with Gasteiger partial charge in [0, 0.05) is 10.4 Å². The third-order valence-corrected chi connectivity index (χ3v) is 5.23. The van der Waals surface area contributed by atoms with Gasteiger partial charge in [0.2, 0.25) is 5.91 Å². The first-order chi connectivity index (χ1) is 12.8. The Morgan fingerprint density at radius 3 is 2.41 bits per heavy atom. The molecule has 27 heavy (non-hydrogen) atoms. The van der Waals surface area contributed by atoms with Crippen molar-refractivity contribution in [3.8, 4) is 0 Å². The van der Waals surface area contributed by atoms with Crippen LogP contribution >= 0.6 is 15.9 Å². The van der Waals surface area contributed by atoms with Gasteiger partial charge < -0.3 is 0 Å². The Kier molecular flexibility index (Phi) is 5.95. The van der Waals surface area contributed by atoms with E-state index in [1.807, 2.05) is 36.4 Å². The summed E-state index contributed by atoms with van der Waals surface area (Å²) in [6.45, 7) is 6.62. The van der Waals surface area contributed by atoms with E-state index in [-0.39, 0.29) is 17.2 Å². The van der Waals surface area contributed by atoms with E-state index in [1.54, 1.807) is 6.21 Å². The van der Waals surface area contributed by atoms with Gasteiger partial charge >= 0.3 is 0 Å². The second kappa shape index (κ2) is 8.22. The second-order valence-corrected chi connectivity index (χ2v) is 8.91. The van der Waals surface area contributed by atoms with Crippen molar-refractivity contribution in [2.24, 2.45) is 11.0 Å². The Morgan fingerprint density at radius 1 is 1.11 bits per heavy atom. The molecular weight excluding hydrogens is 400 g/mol. The minimum atomic E-state index is -0.0174. The van der Waals surface area contributed by atoms with Crippen LogP contribution in [0.1, 0.15) is 49.8 Å². The molecule has 0 saturated heterocycles. The number of amides is 1. The Bertz CT molecular complexity index is 848. The quantitative estimate of drug-likeness (QED) is 0.490. The summed E-state index contributed by atoms with van der Waals surface area (Å²) in [5.74, 6) is 0.299. The number of halogens is 1. The minimum Gasteiger partial charge on any atom is -0.273 e. The van der Waals surface area contributed by atoms with Gasteiger partial charge in [-0.05, 0) is 56.5 Å². The highest BCUT2D eigenvalue weighted by Gasteiger charge is 2.43. The number of carbonyl (C=O) groups is 1. The predicted octanol–water partition coefficient (Wildman–Crippen LogP) is 5.63. The van der Waals surface area contributed by atoms with Crippen LogP contribution in [0.25, 0.3) is 6.08 Å². The second-order valence-electron chi connectivity index (χ2n) is 7.99. The van der Waals surface area contributed by atoms with Crippen LogP contribution in [0.4, 0.5) is 0 Å². The maximum Gasteiger partial charge on any atom is 0.243 e. The molecule has 0 aliphatic heterocycles. The first kappa shape index (κ1) is 19.6. The molecule has 0 heterocycles. The van der Waals surface area contributed by atoms with Gasteiger partial charge in [-0.1, -0.05) is 75.4 Å². The Hall–Kier alpha value is -2.20. The van der Waals surface area contributed by atoms with E-state index >= 15 is 0 Å². The number of nitrogens with one attached hydrogen (secondary N) is 1. The van der Waals surface area contributed by atoms with Gasteiger partial charge in [0.15, 0.2) is 0 Å². The van der Waals surface area contributed by atoms with E-state index in [0.29, 0.717) is 5.92 Å². The van der Waals surface area contributed by atoms with Gasteiger partial charge in [-0.15, -0.1) is 0 Å². The zero-order valence-corrected chi connectivity index (χ0v) is 17.5. The molecule has 0 spiro atoms. The van der Waals surface area contributed by atoms with Crippen molar-refractivity contribution in [3.05, 3.63) is 75.8 Å². The number of carbonyl (C=O) groups excluding carboxylic acids is 1. The summed E-state index contributed by atoms with van der Waals surface area (Å²) in [7, 11) is 0. The van der Waals surface area contributed by atoms with Crippen molar-refractivity contribution in [2.45, 2.75) is 38.5 Å². The lowest BCUT2D eigenvalue weighted by molar-refractivity contribution is -0.122. The molecule has 1 amide bonds. The van der Waals surface area contributed by atoms with Crippen LogP contribution in [-0.4, -0.2) is 12.1 Å². The van der Waals surface area contributed by atoms with Gasteiger partial charge in [-0.3, -0.25) is 4.79 Å². The molecule has 2 aromatic carbocycles. The molecule has 2 atom stereocenters. The molecule has 1 saturated carbocycles. The van der Waals surface area contributed by atoms with E-state index in [0.717, 1.165) is 16.5 Å². The molecule has 1 aliphatic rings. The van der Waals surface area contributed by atoms with Crippen LogP contribution in [0, 0.1) is 5.92 Å². The van der Waals surface area contributed by atoms with Gasteiger partial charge in [0.25, 0.3) is 0 Å². The highest BCUT2D eigenvalue weighted by Crippen LogP contribution is 2.47. The van der Waals surface area contributed by atoms with E-state index in [1.165, 1.54) is 11.1 Å². The highest BCUT2D eigenvalue weighted by molar-refractivity contribution is 9.12. The van der Waals surface area contributed by atoms with E-state index in [2.05, 4.69) is 71.5 Å². The number of nitrogens with zero attached hydrogens (tertiary/aromatic N) is 1. The number of allylic oxidation sites excluding steroid dienone is 1. The molecule has 0 radical (unpaired) electrons. The van der Waals surface area contributed by atoms with E-state index in [4.69, 9.17) is 0 Å². The molecule has 0 aromatic heterocycles. The van der Waals surface area contributed by atoms with E-state index in [9.17, 15) is 4.79 Å². The third-order valence-electron chi connectivity index (χ3n) is 4.80. The predicted molar refractivity (Wildman–Crippen MR) is 116 cm³/mol. The Morgan fingerprint density at radius 2 is 1.78 bits per heavy atom. The lowest BCUT2D eigenvalue weighted by atomic mass is 9.86. The van der Waals surface area contributed by atoms with Crippen molar-refractivity contribution in [3.63, 3.8) is 0 Å². The fourth-order valence-corrected chi connectivity index (χ4v) is 3.44. The van der Waals surface area contributed by atoms with Crippen molar-refractivity contribution < 1.29 is 4.79 Å². The van der Waals surface area contributed by atoms with Gasteiger partial charge in [-0.25, -0.2) is 5.43 Å². The van der Waals surface area contributed by atoms with Gasteiger partial charge in [0.1, 0.15) is 0 Å². The van der Waals surface area contributed by atoms with Crippen LogP contribution < -0.4 is 5.43 Å². The summed E-state index contributed by atoms with van der Waals surface area (Å²) < 4.78 is 0.805. The summed E-state index contributed by atoms with van der Waals surface area (Å²) >= 11 is 3.45. The third kappa shape index (κ3) is 5.39. The van der Waals surface area contributed by atoms with Crippen molar-refractivity contribution in [2.75, 3.05) is 0 Å². The first-order valence-corrected chi connectivity index (χ1v) is 9.99. The molecule has 0 unspecified atom stereocenters. The Labute approximate surface area is 169 Å². The largest absolute Gasteiger partial charge is 0.273 e. The lowest BCUT2D eigenvalue weighted by Gasteiger charge is -2.19. The molecule has 0 bridgehead atoms. The fourth-order valence-electron chi connectivity index (χ4n) is 3.07. The molecule has 1 aliphatic carbocycles. The van der Waals surface area contributed by atoms with Crippen LogP contribution in [0.3, 0.4) is 0 Å². The minimum absolute atomic E-state index is 0.0134. The number of benzene rings is 2. The summed E-state index contributed by atoms with van der Waals surface area (Å²) in [6, 6.07) is 18.6. The molecule has 1 fully saturated rings. The smallest absolute Gasteiger partial charge is 0.243 e. The number of hydrazone groups is 1. The van der Waals surface area contributed by atoms with Gasteiger partial charge in [-0.2, -0.15) is 5.10 Å². The molecule has 2 aromatic rings. The molecule has 4 heteroatoms. The SMILES string of the molecule is CC(C)(C)c1ccc([C@@H]2C[C@@H]2C(=O)N/N=C/C(Br)=C/c2ccccc2)cc1. The molecule has 3 rings (SSSR count). The topological polar surface area (TPSA) is 41.5 Å². The summed E-state index contributed by atoms with van der Waals surface area (Å²) in [6.07, 6.45) is 4.45. The molecular formula is C23H25BrN2O. The fraction of sp³-hybridized carbons (Fsp3) is 0.304. The van der Waals surface area contributed by atoms with Gasteiger partial charge in [0.05, 0.1) is 6.21 Å². The van der Waals surface area contributed by atoms with Crippen LogP contribution in [0.15, 0.2) is 64.2 Å². The normalized spacial score (nSPS) is 19.9. The maximum absolute atomic E-state index is 12.3. The average Bonchev–Trinajstić information content (AvgIpc) is 3.43. The van der Waals surface area contributed by atoms with Crippen molar-refractivity contribution in [1.82, 2.24) is 5.43 Å². The van der Waals surface area contributed by atoms with E-state index < -0.39 is 0 Å².